The predicted octanol–water partition coefficient (Wildman–Crippen LogP) is 0.496. The van der Waals surface area contributed by atoms with Gasteiger partial charge in [-0.25, -0.2) is 4.98 Å². The van der Waals surface area contributed by atoms with Crippen LogP contribution in [0.1, 0.15) is 18.5 Å². The van der Waals surface area contributed by atoms with Crippen molar-refractivity contribution >= 4 is 5.91 Å². The molecule has 1 amide bonds. The van der Waals surface area contributed by atoms with Gasteiger partial charge in [-0.2, -0.15) is 0 Å². The number of aromatic nitrogens is 2. The van der Waals surface area contributed by atoms with Crippen molar-refractivity contribution in [2.45, 2.75) is 25.5 Å². The zero-order valence-corrected chi connectivity index (χ0v) is 13.7. The van der Waals surface area contributed by atoms with E-state index in [0.717, 1.165) is 31.7 Å². The van der Waals surface area contributed by atoms with E-state index in [0.29, 0.717) is 32.7 Å². The zero-order chi connectivity index (χ0) is 16.1. The Kier molecular flexibility index (Phi) is 5.64. The minimum Gasteiger partial charge on any atom is -0.381 e. The van der Waals surface area contributed by atoms with Gasteiger partial charge in [0.25, 0.3) is 0 Å². The molecule has 1 aromatic heterocycles. The Morgan fingerprint density at radius 2 is 2.26 bits per heavy atom. The van der Waals surface area contributed by atoms with Crippen LogP contribution in [0.15, 0.2) is 12.5 Å². The number of likely N-dealkylation sites (tertiary alicyclic amines) is 1. The second-order valence-corrected chi connectivity index (χ2v) is 6.33. The monoisotopic (exact) mass is 322 g/mol. The molecule has 7 nitrogen and oxygen atoms in total. The number of aromatic amines is 1. The molecule has 2 saturated heterocycles. The van der Waals surface area contributed by atoms with Crippen LogP contribution in [0.5, 0.6) is 0 Å². The van der Waals surface area contributed by atoms with Gasteiger partial charge in [0.05, 0.1) is 25.6 Å². The van der Waals surface area contributed by atoms with E-state index in [1.807, 2.05) is 11.1 Å². The van der Waals surface area contributed by atoms with Crippen molar-refractivity contribution in [2.75, 3.05) is 46.5 Å². The number of morpholine rings is 1. The summed E-state index contributed by atoms with van der Waals surface area (Å²) in [5.41, 5.74) is 1.11. The van der Waals surface area contributed by atoms with Crippen LogP contribution in [0, 0.1) is 5.92 Å². The fourth-order valence-corrected chi connectivity index (χ4v) is 3.51. The molecule has 2 fully saturated rings. The molecule has 128 valence electrons. The average Bonchev–Trinajstić information content (AvgIpc) is 3.09. The molecule has 3 heterocycles. The highest BCUT2D eigenvalue weighted by atomic mass is 16.5. The number of piperidine rings is 1. The van der Waals surface area contributed by atoms with Crippen LogP contribution >= 0.6 is 0 Å². The Bertz CT molecular complexity index is 488. The van der Waals surface area contributed by atoms with E-state index in [1.54, 1.807) is 13.4 Å². The molecule has 0 aromatic carbocycles. The number of amides is 1. The Balaban J connectivity index is 1.56. The van der Waals surface area contributed by atoms with E-state index in [1.165, 1.54) is 0 Å². The first-order chi connectivity index (χ1) is 11.3. The van der Waals surface area contributed by atoms with E-state index in [-0.39, 0.29) is 17.9 Å². The van der Waals surface area contributed by atoms with Gasteiger partial charge in [0, 0.05) is 64.1 Å². The standard InChI is InChI=1S/C16H26N4O3/c1-22-15-2-3-19(11-14-9-17-12-18-14)10-13(15)8-16(21)20-4-6-23-7-5-20/h9,12-13,15H,2-8,10-11H2,1H3,(H,17,18)/t13-,15-/m1/s1. The van der Waals surface area contributed by atoms with Gasteiger partial charge >= 0.3 is 0 Å². The number of nitrogens with zero attached hydrogens (tertiary/aromatic N) is 3. The predicted molar refractivity (Wildman–Crippen MR) is 84.8 cm³/mol. The second kappa shape index (κ2) is 7.90. The first kappa shape index (κ1) is 16.4. The van der Waals surface area contributed by atoms with Gasteiger partial charge in [0.2, 0.25) is 5.91 Å². The van der Waals surface area contributed by atoms with Gasteiger partial charge in [-0.1, -0.05) is 0 Å². The van der Waals surface area contributed by atoms with Gasteiger partial charge < -0.3 is 19.4 Å². The fraction of sp³-hybridized carbons (Fsp3) is 0.750. The zero-order valence-electron chi connectivity index (χ0n) is 13.7. The van der Waals surface area contributed by atoms with Crippen LogP contribution in [-0.2, 0) is 20.8 Å². The lowest BCUT2D eigenvalue weighted by atomic mass is 9.90. The van der Waals surface area contributed by atoms with Crippen molar-refractivity contribution in [3.8, 4) is 0 Å². The summed E-state index contributed by atoms with van der Waals surface area (Å²) in [5, 5.41) is 0. The highest BCUT2D eigenvalue weighted by Crippen LogP contribution is 2.24. The van der Waals surface area contributed by atoms with Crippen LogP contribution in [0.25, 0.3) is 0 Å². The minimum absolute atomic E-state index is 0.165. The molecule has 1 N–H and O–H groups in total. The Labute approximate surface area is 137 Å². The van der Waals surface area contributed by atoms with Crippen LogP contribution < -0.4 is 0 Å². The third kappa shape index (κ3) is 4.31. The third-order valence-electron chi connectivity index (χ3n) is 4.80. The SMILES string of the molecule is CO[C@@H]1CCN(Cc2cnc[nH]2)C[C@H]1CC(=O)N1CCOCC1. The molecular formula is C16H26N4O3. The third-order valence-corrected chi connectivity index (χ3v) is 4.80. The summed E-state index contributed by atoms with van der Waals surface area (Å²) in [6.45, 7) is 5.43. The molecule has 1 aromatic rings. The van der Waals surface area contributed by atoms with Crippen LogP contribution in [0.3, 0.4) is 0 Å². The van der Waals surface area contributed by atoms with Crippen molar-refractivity contribution in [3.63, 3.8) is 0 Å². The quantitative estimate of drug-likeness (QED) is 0.854. The van der Waals surface area contributed by atoms with E-state index in [9.17, 15) is 4.79 Å². The van der Waals surface area contributed by atoms with Crippen molar-refractivity contribution in [1.29, 1.82) is 0 Å². The van der Waals surface area contributed by atoms with Crippen molar-refractivity contribution in [3.05, 3.63) is 18.2 Å². The van der Waals surface area contributed by atoms with Crippen LogP contribution in [-0.4, -0.2) is 78.3 Å². The Hall–Kier alpha value is -1.44. The van der Waals surface area contributed by atoms with Gasteiger partial charge in [0.15, 0.2) is 0 Å². The second-order valence-electron chi connectivity index (χ2n) is 6.33. The number of H-pyrrole nitrogens is 1. The molecule has 0 spiro atoms. The highest BCUT2D eigenvalue weighted by molar-refractivity contribution is 5.76. The summed E-state index contributed by atoms with van der Waals surface area (Å²) in [7, 11) is 1.75. The largest absolute Gasteiger partial charge is 0.381 e. The molecule has 2 atom stereocenters. The number of methoxy groups -OCH3 is 1. The van der Waals surface area contributed by atoms with E-state index >= 15 is 0 Å². The van der Waals surface area contributed by atoms with Gasteiger partial charge in [0.1, 0.15) is 0 Å². The number of nitrogens with one attached hydrogen (secondary N) is 1. The molecule has 2 aliphatic rings. The summed E-state index contributed by atoms with van der Waals surface area (Å²) in [6, 6.07) is 0. The normalized spacial score (nSPS) is 26.4. The molecule has 3 rings (SSSR count). The molecule has 0 radical (unpaired) electrons. The smallest absolute Gasteiger partial charge is 0.223 e. The average molecular weight is 322 g/mol. The molecule has 0 unspecified atom stereocenters. The van der Waals surface area contributed by atoms with Crippen molar-refractivity contribution < 1.29 is 14.3 Å². The minimum atomic E-state index is 0.165. The summed E-state index contributed by atoms with van der Waals surface area (Å²) >= 11 is 0. The number of hydrogen-bond donors (Lipinski definition) is 1. The van der Waals surface area contributed by atoms with Crippen LogP contribution in [0.4, 0.5) is 0 Å². The molecule has 7 heteroatoms. The van der Waals surface area contributed by atoms with Gasteiger partial charge in [-0.3, -0.25) is 9.69 Å². The maximum Gasteiger partial charge on any atom is 0.223 e. The molecule has 2 aliphatic heterocycles. The Morgan fingerprint density at radius 3 is 2.96 bits per heavy atom. The van der Waals surface area contributed by atoms with Crippen LogP contribution in [0.2, 0.25) is 0 Å². The van der Waals surface area contributed by atoms with E-state index in [2.05, 4.69) is 14.9 Å². The molecule has 0 bridgehead atoms. The van der Waals surface area contributed by atoms with E-state index in [4.69, 9.17) is 9.47 Å². The number of rotatable bonds is 5. The van der Waals surface area contributed by atoms with E-state index < -0.39 is 0 Å². The summed E-state index contributed by atoms with van der Waals surface area (Å²) in [5.74, 6) is 0.468. The lowest BCUT2D eigenvalue weighted by molar-refractivity contribution is -0.138. The number of hydrogen-bond acceptors (Lipinski definition) is 5. The van der Waals surface area contributed by atoms with Crippen molar-refractivity contribution in [1.82, 2.24) is 19.8 Å². The number of carbonyl (C=O) groups is 1. The first-order valence-electron chi connectivity index (χ1n) is 8.34. The highest BCUT2D eigenvalue weighted by Gasteiger charge is 2.32. The lowest BCUT2D eigenvalue weighted by Gasteiger charge is -2.38. The topological polar surface area (TPSA) is 70.7 Å². The number of ether oxygens (including phenoxy) is 2. The maximum absolute atomic E-state index is 12.5. The lowest BCUT2D eigenvalue weighted by Crippen LogP contribution is -2.47. The molecule has 0 saturated carbocycles. The molecule has 23 heavy (non-hydrogen) atoms. The van der Waals surface area contributed by atoms with Gasteiger partial charge in [-0.05, 0) is 6.42 Å². The van der Waals surface area contributed by atoms with Crippen molar-refractivity contribution in [2.24, 2.45) is 5.92 Å². The summed E-state index contributed by atoms with van der Waals surface area (Å²) in [6.07, 6.45) is 5.24. The van der Waals surface area contributed by atoms with Gasteiger partial charge in [-0.15, -0.1) is 0 Å². The first-order valence-corrected chi connectivity index (χ1v) is 8.34. The number of imidazole rings is 1. The molecular weight excluding hydrogens is 296 g/mol. The fourth-order valence-electron chi connectivity index (χ4n) is 3.51. The maximum atomic E-state index is 12.5. The summed E-state index contributed by atoms with van der Waals surface area (Å²) < 4.78 is 11.0. The number of carbonyl (C=O) groups excluding carboxylic acids is 1. The Morgan fingerprint density at radius 1 is 1.43 bits per heavy atom. The molecule has 0 aliphatic carbocycles. The summed E-state index contributed by atoms with van der Waals surface area (Å²) in [4.78, 5) is 24.0.